The maximum Gasteiger partial charge on any atom is 0.272 e. The van der Waals surface area contributed by atoms with Crippen LogP contribution >= 0.6 is 11.8 Å². The summed E-state index contributed by atoms with van der Waals surface area (Å²) >= 11 is 1.94. The van der Waals surface area contributed by atoms with E-state index >= 15 is 0 Å². The van der Waals surface area contributed by atoms with Crippen LogP contribution in [0.5, 0.6) is 0 Å². The van der Waals surface area contributed by atoms with E-state index in [-0.39, 0.29) is 16.8 Å². The van der Waals surface area contributed by atoms with Crippen molar-refractivity contribution >= 4 is 17.7 Å². The number of hydrogen-bond acceptors (Lipinski definition) is 5. The van der Waals surface area contributed by atoms with Gasteiger partial charge in [-0.1, -0.05) is 6.07 Å². The predicted molar refractivity (Wildman–Crippen MR) is 96.5 cm³/mol. The van der Waals surface area contributed by atoms with Gasteiger partial charge in [0, 0.05) is 37.8 Å². The first-order valence-corrected chi connectivity index (χ1v) is 9.49. The number of pyridine rings is 1. The second-order valence-corrected chi connectivity index (χ2v) is 8.39. The molecule has 0 radical (unpaired) electrons. The molecular formula is C18H22N4O2S. The summed E-state index contributed by atoms with van der Waals surface area (Å²) in [6.45, 7) is 4.14. The lowest BCUT2D eigenvalue weighted by molar-refractivity contribution is 0.0241. The number of aromatic nitrogens is 3. The number of thioether (sulfide) groups is 1. The largest absolute Gasteiger partial charge is 0.371 e. The fourth-order valence-electron chi connectivity index (χ4n) is 3.55. The molecule has 132 valence electrons. The van der Waals surface area contributed by atoms with Gasteiger partial charge in [0.2, 0.25) is 0 Å². The number of aryl methyl sites for hydroxylation is 2. The second-order valence-electron chi connectivity index (χ2n) is 6.90. The van der Waals surface area contributed by atoms with E-state index in [1.807, 2.05) is 41.8 Å². The molecule has 0 bridgehead atoms. The van der Waals surface area contributed by atoms with Gasteiger partial charge in [-0.15, -0.1) is 11.8 Å². The van der Waals surface area contributed by atoms with E-state index in [2.05, 4.69) is 10.1 Å². The third-order valence-corrected chi connectivity index (χ3v) is 6.45. The van der Waals surface area contributed by atoms with Crippen LogP contribution in [0.15, 0.2) is 30.5 Å². The van der Waals surface area contributed by atoms with Crippen LogP contribution in [0.1, 0.15) is 28.3 Å². The third-order valence-electron chi connectivity index (χ3n) is 4.87. The molecular weight excluding hydrogens is 336 g/mol. The Balaban J connectivity index is 1.29. The molecule has 6 nitrogen and oxygen atoms in total. The maximum atomic E-state index is 12.5. The first kappa shape index (κ1) is 16.6. The fourth-order valence-corrected chi connectivity index (χ4v) is 5.10. The minimum Gasteiger partial charge on any atom is -0.371 e. The van der Waals surface area contributed by atoms with Gasteiger partial charge in [-0.05, 0) is 31.5 Å². The SMILES string of the molecule is Cc1cccc(COC2CSC3(C2)CN(C(=O)c2ccnn2C)C3)n1. The lowest BCUT2D eigenvalue weighted by atomic mass is 9.92. The highest BCUT2D eigenvalue weighted by molar-refractivity contribution is 8.01. The quantitative estimate of drug-likeness (QED) is 0.837. The molecule has 2 aromatic heterocycles. The highest BCUT2D eigenvalue weighted by Gasteiger charge is 2.51. The van der Waals surface area contributed by atoms with Crippen molar-refractivity contribution in [1.29, 1.82) is 0 Å². The zero-order valence-corrected chi connectivity index (χ0v) is 15.3. The summed E-state index contributed by atoms with van der Waals surface area (Å²) in [5, 5.41) is 4.08. The highest BCUT2D eigenvalue weighted by Crippen LogP contribution is 2.46. The molecule has 2 aromatic rings. The summed E-state index contributed by atoms with van der Waals surface area (Å²) in [4.78, 5) is 18.9. The predicted octanol–water partition coefficient (Wildman–Crippen LogP) is 2.04. The van der Waals surface area contributed by atoms with E-state index in [1.54, 1.807) is 24.0 Å². The molecule has 0 aromatic carbocycles. The smallest absolute Gasteiger partial charge is 0.272 e. The summed E-state index contributed by atoms with van der Waals surface area (Å²) in [6.07, 6.45) is 2.90. The van der Waals surface area contributed by atoms with Crippen LogP contribution in [0.2, 0.25) is 0 Å². The Kier molecular flexibility index (Phi) is 4.29. The van der Waals surface area contributed by atoms with Gasteiger partial charge in [-0.25, -0.2) is 0 Å². The lowest BCUT2D eigenvalue weighted by Crippen LogP contribution is -2.61. The topological polar surface area (TPSA) is 60.2 Å². The van der Waals surface area contributed by atoms with Crippen LogP contribution in [0.3, 0.4) is 0 Å². The van der Waals surface area contributed by atoms with Gasteiger partial charge in [0.25, 0.3) is 5.91 Å². The molecule has 1 atom stereocenters. The van der Waals surface area contributed by atoms with Crippen molar-refractivity contribution in [2.75, 3.05) is 18.8 Å². The Morgan fingerprint density at radius 2 is 2.24 bits per heavy atom. The summed E-state index contributed by atoms with van der Waals surface area (Å²) in [5.74, 6) is 1.05. The van der Waals surface area contributed by atoms with Crippen molar-refractivity contribution in [3.8, 4) is 0 Å². The van der Waals surface area contributed by atoms with E-state index < -0.39 is 0 Å². The Morgan fingerprint density at radius 3 is 2.96 bits per heavy atom. The van der Waals surface area contributed by atoms with Crippen molar-refractivity contribution < 1.29 is 9.53 Å². The number of nitrogens with zero attached hydrogens (tertiary/aromatic N) is 4. The third kappa shape index (κ3) is 3.30. The standard InChI is InChI=1S/C18H22N4O2S/c1-13-4-3-5-14(20-13)9-24-15-8-18(25-10-15)11-22(12-18)17(23)16-6-7-19-21(16)2/h3-7,15H,8-12H2,1-2H3. The second kappa shape index (κ2) is 6.46. The zero-order chi connectivity index (χ0) is 17.4. The van der Waals surface area contributed by atoms with Crippen LogP contribution in [-0.2, 0) is 18.4 Å². The average Bonchev–Trinajstić information content (AvgIpc) is 3.17. The van der Waals surface area contributed by atoms with Gasteiger partial charge in [0.1, 0.15) is 5.69 Å². The molecule has 4 heterocycles. The molecule has 0 N–H and O–H groups in total. The van der Waals surface area contributed by atoms with E-state index in [0.717, 1.165) is 36.7 Å². The molecule has 1 spiro atoms. The highest BCUT2D eigenvalue weighted by atomic mass is 32.2. The van der Waals surface area contributed by atoms with Gasteiger partial charge in [-0.3, -0.25) is 14.5 Å². The minimum absolute atomic E-state index is 0.0690. The summed E-state index contributed by atoms with van der Waals surface area (Å²) in [6, 6.07) is 7.78. The van der Waals surface area contributed by atoms with Crippen LogP contribution in [-0.4, -0.2) is 55.3 Å². The molecule has 25 heavy (non-hydrogen) atoms. The molecule has 2 fully saturated rings. The van der Waals surface area contributed by atoms with Crippen molar-refractivity contribution in [3.63, 3.8) is 0 Å². The van der Waals surface area contributed by atoms with Crippen LogP contribution in [0.4, 0.5) is 0 Å². The average molecular weight is 358 g/mol. The molecule has 2 saturated heterocycles. The van der Waals surface area contributed by atoms with Crippen LogP contribution in [0.25, 0.3) is 0 Å². The van der Waals surface area contributed by atoms with Crippen molar-refractivity contribution in [2.24, 2.45) is 7.05 Å². The van der Waals surface area contributed by atoms with Crippen LogP contribution in [0, 0.1) is 6.92 Å². The number of carbonyl (C=O) groups excluding carboxylic acids is 1. The number of carbonyl (C=O) groups is 1. The van der Waals surface area contributed by atoms with Gasteiger partial charge < -0.3 is 9.64 Å². The van der Waals surface area contributed by atoms with Crippen molar-refractivity contribution in [1.82, 2.24) is 19.7 Å². The van der Waals surface area contributed by atoms with Crippen molar-refractivity contribution in [3.05, 3.63) is 47.5 Å². The molecule has 0 aliphatic carbocycles. The Bertz CT molecular complexity index is 785. The fraction of sp³-hybridized carbons (Fsp3) is 0.500. The minimum atomic E-state index is 0.0690. The number of rotatable bonds is 4. The summed E-state index contributed by atoms with van der Waals surface area (Å²) in [7, 11) is 1.80. The molecule has 7 heteroatoms. The van der Waals surface area contributed by atoms with Crippen molar-refractivity contribution in [2.45, 2.75) is 30.8 Å². The first-order valence-electron chi connectivity index (χ1n) is 8.50. The molecule has 1 amide bonds. The summed E-state index contributed by atoms with van der Waals surface area (Å²) < 4.78 is 7.86. The Labute approximate surface area is 151 Å². The van der Waals surface area contributed by atoms with E-state index in [1.165, 1.54) is 0 Å². The lowest BCUT2D eigenvalue weighted by Gasteiger charge is -2.47. The molecule has 4 rings (SSSR count). The maximum absolute atomic E-state index is 12.5. The van der Waals surface area contributed by atoms with E-state index in [4.69, 9.17) is 4.74 Å². The molecule has 1 unspecified atom stereocenters. The van der Waals surface area contributed by atoms with Gasteiger partial charge >= 0.3 is 0 Å². The van der Waals surface area contributed by atoms with E-state index in [0.29, 0.717) is 12.3 Å². The number of hydrogen-bond donors (Lipinski definition) is 0. The number of ether oxygens (including phenoxy) is 1. The van der Waals surface area contributed by atoms with Gasteiger partial charge in [0.15, 0.2) is 0 Å². The molecule has 2 aliphatic heterocycles. The summed E-state index contributed by atoms with van der Waals surface area (Å²) in [5.41, 5.74) is 2.64. The monoisotopic (exact) mass is 358 g/mol. The van der Waals surface area contributed by atoms with Crippen LogP contribution < -0.4 is 0 Å². The van der Waals surface area contributed by atoms with E-state index in [9.17, 15) is 4.79 Å². The van der Waals surface area contributed by atoms with Gasteiger partial charge in [-0.2, -0.15) is 5.10 Å². The molecule has 2 aliphatic rings. The Hall–Kier alpha value is -1.86. The van der Waals surface area contributed by atoms with Gasteiger partial charge in [0.05, 0.1) is 23.2 Å². The number of likely N-dealkylation sites (tertiary alicyclic amines) is 1. The first-order chi connectivity index (χ1) is 12.0. The normalized spacial score (nSPS) is 21.5. The Morgan fingerprint density at radius 1 is 1.40 bits per heavy atom. The number of amides is 1. The molecule has 0 saturated carbocycles. The zero-order valence-electron chi connectivity index (χ0n) is 14.5.